The van der Waals surface area contributed by atoms with Gasteiger partial charge in [-0.05, 0) is 104 Å². The molecule has 0 bridgehead atoms. The van der Waals surface area contributed by atoms with Crippen molar-refractivity contribution in [3.05, 3.63) is 231 Å². The lowest BCUT2D eigenvalue weighted by atomic mass is 9.92. The number of anilines is 3. The van der Waals surface area contributed by atoms with Crippen LogP contribution < -0.4 is 4.90 Å². The number of para-hydroxylation sites is 3. The molecule has 2 heteroatoms. The maximum absolute atomic E-state index is 2.50. The first-order valence-corrected chi connectivity index (χ1v) is 19.9. The zero-order chi connectivity index (χ0) is 38.4. The molecule has 1 aromatic heterocycles. The minimum absolute atomic E-state index is 1.08. The summed E-state index contributed by atoms with van der Waals surface area (Å²) >= 11 is 0. The highest BCUT2D eigenvalue weighted by Crippen LogP contribution is 2.49. The van der Waals surface area contributed by atoms with E-state index in [9.17, 15) is 0 Å². The first-order chi connectivity index (χ1) is 28.8. The monoisotopic (exact) mass is 738 g/mol. The van der Waals surface area contributed by atoms with Gasteiger partial charge in [-0.25, -0.2) is 0 Å². The van der Waals surface area contributed by atoms with Crippen LogP contribution in [0.4, 0.5) is 17.1 Å². The third kappa shape index (κ3) is 5.66. The Balaban J connectivity index is 1.23. The van der Waals surface area contributed by atoms with Gasteiger partial charge in [0.2, 0.25) is 0 Å². The standard InChI is InChI=1S/C56H38N2/c1-3-18-41(19-4-1)51-38-45(35-36-47(51)43-34-33-39-17-7-8-21-42(39)37-43)58(52-29-13-11-26-49(52)48-28-15-22-40-20-9-10-25-46(40)48)55-32-16-31-54-56(55)50-27-12-14-30-53(50)57(54)44-23-5-2-6-24-44/h1-38H. The molecule has 58 heavy (non-hydrogen) atoms. The summed E-state index contributed by atoms with van der Waals surface area (Å²) in [4.78, 5) is 2.50. The topological polar surface area (TPSA) is 8.17 Å². The van der Waals surface area contributed by atoms with Gasteiger partial charge in [0, 0.05) is 27.7 Å². The van der Waals surface area contributed by atoms with Crippen molar-refractivity contribution in [2.45, 2.75) is 0 Å². The molecule has 0 aliphatic rings. The lowest BCUT2D eigenvalue weighted by molar-refractivity contribution is 1.18. The van der Waals surface area contributed by atoms with E-state index in [1.54, 1.807) is 0 Å². The summed E-state index contributed by atoms with van der Waals surface area (Å²) in [6, 6.07) is 83.9. The molecular weight excluding hydrogens is 701 g/mol. The molecule has 10 aromatic carbocycles. The maximum Gasteiger partial charge on any atom is 0.0562 e. The van der Waals surface area contributed by atoms with E-state index in [0.29, 0.717) is 0 Å². The third-order valence-corrected chi connectivity index (χ3v) is 11.6. The molecule has 0 radical (unpaired) electrons. The highest BCUT2D eigenvalue weighted by molar-refractivity contribution is 6.17. The van der Waals surface area contributed by atoms with Gasteiger partial charge in [-0.15, -0.1) is 0 Å². The van der Waals surface area contributed by atoms with Crippen molar-refractivity contribution in [1.82, 2.24) is 4.57 Å². The maximum atomic E-state index is 2.50. The molecular formula is C56H38N2. The Bertz CT molecular complexity index is 3280. The molecule has 0 aliphatic carbocycles. The molecule has 2 nitrogen and oxygen atoms in total. The predicted molar refractivity (Wildman–Crippen MR) is 247 cm³/mol. The normalized spacial score (nSPS) is 11.4. The molecule has 272 valence electrons. The Kier molecular flexibility index (Phi) is 8.19. The third-order valence-electron chi connectivity index (χ3n) is 11.6. The van der Waals surface area contributed by atoms with Crippen LogP contribution in [-0.2, 0) is 0 Å². The van der Waals surface area contributed by atoms with Crippen LogP contribution >= 0.6 is 0 Å². The van der Waals surface area contributed by atoms with Crippen molar-refractivity contribution in [1.29, 1.82) is 0 Å². The van der Waals surface area contributed by atoms with E-state index in [0.717, 1.165) is 28.3 Å². The van der Waals surface area contributed by atoms with Gasteiger partial charge in [-0.1, -0.05) is 176 Å². The number of hydrogen-bond acceptors (Lipinski definition) is 1. The average molecular weight is 739 g/mol. The van der Waals surface area contributed by atoms with Crippen molar-refractivity contribution >= 4 is 60.4 Å². The van der Waals surface area contributed by atoms with Gasteiger partial charge in [0.15, 0.2) is 0 Å². The highest BCUT2D eigenvalue weighted by Gasteiger charge is 2.24. The summed E-state index contributed by atoms with van der Waals surface area (Å²) in [5, 5.41) is 7.34. The fraction of sp³-hybridized carbons (Fsp3) is 0. The molecule has 0 N–H and O–H groups in total. The highest BCUT2D eigenvalue weighted by atomic mass is 15.2. The second-order valence-electron chi connectivity index (χ2n) is 14.9. The van der Waals surface area contributed by atoms with Gasteiger partial charge in [-0.3, -0.25) is 0 Å². The second-order valence-corrected chi connectivity index (χ2v) is 14.9. The Morgan fingerprint density at radius 2 is 0.931 bits per heavy atom. The van der Waals surface area contributed by atoms with E-state index in [4.69, 9.17) is 0 Å². The van der Waals surface area contributed by atoms with E-state index in [-0.39, 0.29) is 0 Å². The largest absolute Gasteiger partial charge is 0.309 e. The molecule has 0 aliphatic heterocycles. The minimum atomic E-state index is 1.08. The van der Waals surface area contributed by atoms with Crippen LogP contribution in [0.5, 0.6) is 0 Å². The SMILES string of the molecule is c1ccc(-c2cc(N(c3ccccc3-c3cccc4ccccc34)c3cccc4c3c3ccccc3n4-c3ccccc3)ccc2-c2ccc3ccccc3c2)cc1. The molecule has 0 saturated carbocycles. The molecule has 11 aromatic rings. The van der Waals surface area contributed by atoms with E-state index in [1.807, 2.05) is 0 Å². The summed E-state index contributed by atoms with van der Waals surface area (Å²) in [6.45, 7) is 0. The van der Waals surface area contributed by atoms with Crippen molar-refractivity contribution in [3.63, 3.8) is 0 Å². The molecule has 1 heterocycles. The number of rotatable bonds is 7. The molecule has 0 unspecified atom stereocenters. The van der Waals surface area contributed by atoms with E-state index < -0.39 is 0 Å². The zero-order valence-electron chi connectivity index (χ0n) is 31.8. The van der Waals surface area contributed by atoms with Crippen LogP contribution in [0.2, 0.25) is 0 Å². The van der Waals surface area contributed by atoms with Crippen molar-refractivity contribution < 1.29 is 0 Å². The van der Waals surface area contributed by atoms with Crippen molar-refractivity contribution in [2.75, 3.05) is 4.90 Å². The van der Waals surface area contributed by atoms with E-state index >= 15 is 0 Å². The van der Waals surface area contributed by atoms with Crippen LogP contribution in [0, 0.1) is 0 Å². The van der Waals surface area contributed by atoms with Crippen molar-refractivity contribution in [3.8, 4) is 39.1 Å². The van der Waals surface area contributed by atoms with Crippen LogP contribution in [-0.4, -0.2) is 4.57 Å². The van der Waals surface area contributed by atoms with Crippen LogP contribution in [0.3, 0.4) is 0 Å². The van der Waals surface area contributed by atoms with Crippen LogP contribution in [0.25, 0.3) is 82.4 Å². The molecule has 11 rings (SSSR count). The number of aromatic nitrogens is 1. The lowest BCUT2D eigenvalue weighted by Gasteiger charge is -2.30. The first-order valence-electron chi connectivity index (χ1n) is 19.9. The number of nitrogens with zero attached hydrogens (tertiary/aromatic N) is 2. The molecule has 0 spiro atoms. The fourth-order valence-electron chi connectivity index (χ4n) is 8.94. The van der Waals surface area contributed by atoms with Gasteiger partial charge in [-0.2, -0.15) is 0 Å². The Morgan fingerprint density at radius 3 is 1.79 bits per heavy atom. The first kappa shape index (κ1) is 33.6. The van der Waals surface area contributed by atoms with Crippen molar-refractivity contribution in [2.24, 2.45) is 0 Å². The second kappa shape index (κ2) is 14.1. The lowest BCUT2D eigenvalue weighted by Crippen LogP contribution is -2.12. The Hall–Kier alpha value is -7.68. The average Bonchev–Trinajstić information content (AvgIpc) is 3.64. The summed E-state index contributed by atoms with van der Waals surface area (Å²) in [5.74, 6) is 0. The molecule has 0 atom stereocenters. The number of fused-ring (bicyclic) bond motifs is 5. The molecule has 0 amide bonds. The van der Waals surface area contributed by atoms with Gasteiger partial charge >= 0.3 is 0 Å². The van der Waals surface area contributed by atoms with E-state index in [2.05, 4.69) is 240 Å². The minimum Gasteiger partial charge on any atom is -0.309 e. The quantitative estimate of drug-likeness (QED) is 0.158. The predicted octanol–water partition coefficient (Wildman–Crippen LogP) is 15.6. The van der Waals surface area contributed by atoms with Gasteiger partial charge < -0.3 is 9.47 Å². The number of benzene rings is 10. The van der Waals surface area contributed by atoms with Gasteiger partial charge in [0.1, 0.15) is 0 Å². The van der Waals surface area contributed by atoms with Gasteiger partial charge in [0.25, 0.3) is 0 Å². The summed E-state index contributed by atoms with van der Waals surface area (Å²) in [7, 11) is 0. The summed E-state index contributed by atoms with van der Waals surface area (Å²) in [6.07, 6.45) is 0. The summed E-state index contributed by atoms with van der Waals surface area (Å²) in [5.41, 5.74) is 13.9. The summed E-state index contributed by atoms with van der Waals surface area (Å²) < 4.78 is 2.40. The Labute approximate surface area is 338 Å². The van der Waals surface area contributed by atoms with Gasteiger partial charge in [0.05, 0.1) is 22.4 Å². The molecule has 0 fully saturated rings. The van der Waals surface area contributed by atoms with Crippen LogP contribution in [0.1, 0.15) is 0 Å². The number of hydrogen-bond donors (Lipinski definition) is 0. The smallest absolute Gasteiger partial charge is 0.0562 e. The fourth-order valence-corrected chi connectivity index (χ4v) is 8.94. The molecule has 0 saturated heterocycles. The van der Waals surface area contributed by atoms with Crippen LogP contribution in [0.15, 0.2) is 231 Å². The zero-order valence-corrected chi connectivity index (χ0v) is 31.8. The Morgan fingerprint density at radius 1 is 0.310 bits per heavy atom. The van der Waals surface area contributed by atoms with E-state index in [1.165, 1.54) is 71.2 Å².